The van der Waals surface area contributed by atoms with E-state index in [1.807, 2.05) is 13.8 Å². The summed E-state index contributed by atoms with van der Waals surface area (Å²) >= 11 is 0. The first-order valence-corrected chi connectivity index (χ1v) is 6.67. The number of fused-ring (bicyclic) bond motifs is 1. The summed E-state index contributed by atoms with van der Waals surface area (Å²) < 4.78 is 17.9. The summed E-state index contributed by atoms with van der Waals surface area (Å²) in [7, 11) is 0. The highest BCUT2D eigenvalue weighted by atomic mass is 16.8. The molecule has 3 heteroatoms. The molecule has 1 aliphatic heterocycles. The maximum atomic E-state index is 6.02. The molecular formula is C14H26O3. The molecule has 100 valence electrons. The number of hydrogen-bond donors (Lipinski definition) is 0. The van der Waals surface area contributed by atoms with E-state index in [0.717, 1.165) is 13.0 Å². The average Bonchev–Trinajstić information content (AvgIpc) is 2.58. The topological polar surface area (TPSA) is 27.7 Å². The van der Waals surface area contributed by atoms with Gasteiger partial charge in [-0.2, -0.15) is 0 Å². The Morgan fingerprint density at radius 1 is 1.18 bits per heavy atom. The van der Waals surface area contributed by atoms with Crippen molar-refractivity contribution in [3.8, 4) is 0 Å². The molecule has 0 radical (unpaired) electrons. The summed E-state index contributed by atoms with van der Waals surface area (Å²) in [6.45, 7) is 13.3. The van der Waals surface area contributed by atoms with Gasteiger partial charge in [-0.25, -0.2) is 0 Å². The van der Waals surface area contributed by atoms with Crippen molar-refractivity contribution in [3.63, 3.8) is 0 Å². The highest BCUT2D eigenvalue weighted by molar-refractivity contribution is 4.96. The van der Waals surface area contributed by atoms with E-state index in [9.17, 15) is 0 Å². The van der Waals surface area contributed by atoms with Gasteiger partial charge >= 0.3 is 0 Å². The Morgan fingerprint density at radius 2 is 1.76 bits per heavy atom. The number of ether oxygens (including phenoxy) is 3. The molecule has 0 aromatic heterocycles. The zero-order valence-electron chi connectivity index (χ0n) is 11.9. The van der Waals surface area contributed by atoms with Gasteiger partial charge in [0, 0.05) is 5.92 Å². The average molecular weight is 242 g/mol. The van der Waals surface area contributed by atoms with Crippen LogP contribution in [0.3, 0.4) is 0 Å². The van der Waals surface area contributed by atoms with Gasteiger partial charge < -0.3 is 14.2 Å². The first kappa shape index (κ1) is 13.3. The standard InChI is InChI=1S/C14H26O3/c1-9-7-10(8-15-13(2,3)4)12-11(9)16-14(5,6)17-12/h9-12H,7-8H2,1-6H3/t9-,10-,11+,12-/m1/s1. The molecule has 1 saturated carbocycles. The third-order valence-electron chi connectivity index (χ3n) is 3.59. The van der Waals surface area contributed by atoms with Crippen LogP contribution >= 0.6 is 0 Å². The van der Waals surface area contributed by atoms with Gasteiger partial charge in [0.05, 0.1) is 24.4 Å². The lowest BCUT2D eigenvalue weighted by molar-refractivity contribution is -0.164. The van der Waals surface area contributed by atoms with E-state index in [2.05, 4.69) is 27.7 Å². The second-order valence-electron chi connectivity index (χ2n) is 6.96. The first-order chi connectivity index (χ1) is 7.68. The van der Waals surface area contributed by atoms with Crippen LogP contribution in [0.25, 0.3) is 0 Å². The Bertz CT molecular complexity index is 280. The fraction of sp³-hybridized carbons (Fsp3) is 1.00. The monoisotopic (exact) mass is 242 g/mol. The predicted octanol–water partition coefficient (Wildman–Crippen LogP) is 2.98. The smallest absolute Gasteiger partial charge is 0.163 e. The Hall–Kier alpha value is -0.120. The van der Waals surface area contributed by atoms with Gasteiger partial charge in [-0.3, -0.25) is 0 Å². The minimum Gasteiger partial charge on any atom is -0.375 e. The number of rotatable bonds is 2. The van der Waals surface area contributed by atoms with Gasteiger partial charge in [0.25, 0.3) is 0 Å². The molecule has 2 aliphatic rings. The molecule has 3 nitrogen and oxygen atoms in total. The molecule has 0 aromatic rings. The van der Waals surface area contributed by atoms with E-state index in [1.54, 1.807) is 0 Å². The van der Waals surface area contributed by atoms with Crippen LogP contribution in [0.15, 0.2) is 0 Å². The first-order valence-electron chi connectivity index (χ1n) is 6.67. The second-order valence-corrected chi connectivity index (χ2v) is 6.96. The highest BCUT2D eigenvalue weighted by Gasteiger charge is 2.52. The Kier molecular flexibility index (Phi) is 3.30. The summed E-state index contributed by atoms with van der Waals surface area (Å²) in [5, 5.41) is 0. The van der Waals surface area contributed by atoms with Crippen LogP contribution < -0.4 is 0 Å². The normalized spacial score (nSPS) is 40.6. The number of hydrogen-bond acceptors (Lipinski definition) is 3. The van der Waals surface area contributed by atoms with Crippen molar-refractivity contribution < 1.29 is 14.2 Å². The maximum Gasteiger partial charge on any atom is 0.163 e. The van der Waals surface area contributed by atoms with Gasteiger partial charge in [-0.15, -0.1) is 0 Å². The second kappa shape index (κ2) is 4.22. The van der Waals surface area contributed by atoms with Crippen LogP contribution in [-0.2, 0) is 14.2 Å². The van der Waals surface area contributed by atoms with Crippen LogP contribution in [-0.4, -0.2) is 30.2 Å². The van der Waals surface area contributed by atoms with Crippen molar-refractivity contribution in [2.24, 2.45) is 11.8 Å². The molecule has 1 saturated heterocycles. The van der Waals surface area contributed by atoms with Crippen LogP contribution in [0.1, 0.15) is 48.0 Å². The molecule has 0 N–H and O–H groups in total. The molecule has 0 unspecified atom stereocenters. The van der Waals surface area contributed by atoms with Gasteiger partial charge in [0.2, 0.25) is 0 Å². The zero-order chi connectivity index (χ0) is 12.8. The molecule has 2 rings (SSSR count). The van der Waals surface area contributed by atoms with Crippen molar-refractivity contribution in [2.45, 2.75) is 71.6 Å². The lowest BCUT2D eigenvalue weighted by atomic mass is 10.1. The summed E-state index contributed by atoms with van der Waals surface area (Å²) in [5.41, 5.74) is -0.0731. The van der Waals surface area contributed by atoms with Crippen LogP contribution in [0.2, 0.25) is 0 Å². The molecule has 0 aromatic carbocycles. The molecule has 0 bridgehead atoms. The predicted molar refractivity (Wildman–Crippen MR) is 66.8 cm³/mol. The van der Waals surface area contributed by atoms with E-state index in [0.29, 0.717) is 11.8 Å². The van der Waals surface area contributed by atoms with Crippen molar-refractivity contribution in [1.82, 2.24) is 0 Å². The Labute approximate surface area is 105 Å². The highest BCUT2D eigenvalue weighted by Crippen LogP contribution is 2.44. The maximum absolute atomic E-state index is 6.02. The van der Waals surface area contributed by atoms with Crippen molar-refractivity contribution >= 4 is 0 Å². The summed E-state index contributed by atoms with van der Waals surface area (Å²) in [4.78, 5) is 0. The van der Waals surface area contributed by atoms with Crippen LogP contribution in [0.5, 0.6) is 0 Å². The molecule has 1 aliphatic carbocycles. The molecular weight excluding hydrogens is 216 g/mol. The molecule has 1 heterocycles. The SMILES string of the molecule is C[C@@H]1C[C@H](COC(C)(C)C)[C@H]2OC(C)(C)O[C@H]21. The lowest BCUT2D eigenvalue weighted by Gasteiger charge is -2.26. The molecule has 0 spiro atoms. The Morgan fingerprint density at radius 3 is 2.35 bits per heavy atom. The lowest BCUT2D eigenvalue weighted by Crippen LogP contribution is -2.31. The molecule has 2 fully saturated rings. The molecule has 17 heavy (non-hydrogen) atoms. The van der Waals surface area contributed by atoms with Gasteiger partial charge in [0.15, 0.2) is 5.79 Å². The fourth-order valence-corrected chi connectivity index (χ4v) is 2.89. The fourth-order valence-electron chi connectivity index (χ4n) is 2.89. The van der Waals surface area contributed by atoms with E-state index < -0.39 is 5.79 Å². The van der Waals surface area contributed by atoms with Gasteiger partial charge in [-0.05, 0) is 47.0 Å². The minimum atomic E-state index is -0.427. The van der Waals surface area contributed by atoms with E-state index >= 15 is 0 Å². The summed E-state index contributed by atoms with van der Waals surface area (Å²) in [6.07, 6.45) is 1.60. The van der Waals surface area contributed by atoms with E-state index in [4.69, 9.17) is 14.2 Å². The Balaban J connectivity index is 1.97. The van der Waals surface area contributed by atoms with E-state index in [1.165, 1.54) is 0 Å². The third-order valence-corrected chi connectivity index (χ3v) is 3.59. The molecule has 0 amide bonds. The quantitative estimate of drug-likeness (QED) is 0.745. The summed E-state index contributed by atoms with van der Waals surface area (Å²) in [6, 6.07) is 0. The zero-order valence-corrected chi connectivity index (χ0v) is 11.9. The van der Waals surface area contributed by atoms with E-state index in [-0.39, 0.29) is 17.8 Å². The van der Waals surface area contributed by atoms with Crippen molar-refractivity contribution in [1.29, 1.82) is 0 Å². The third kappa shape index (κ3) is 3.01. The summed E-state index contributed by atoms with van der Waals surface area (Å²) in [5.74, 6) is 0.607. The van der Waals surface area contributed by atoms with Crippen LogP contribution in [0.4, 0.5) is 0 Å². The van der Waals surface area contributed by atoms with Crippen molar-refractivity contribution in [2.75, 3.05) is 6.61 Å². The molecule has 4 atom stereocenters. The van der Waals surface area contributed by atoms with Gasteiger partial charge in [-0.1, -0.05) is 6.92 Å². The van der Waals surface area contributed by atoms with Gasteiger partial charge in [0.1, 0.15) is 0 Å². The van der Waals surface area contributed by atoms with Crippen LogP contribution in [0, 0.1) is 11.8 Å². The van der Waals surface area contributed by atoms with Crippen molar-refractivity contribution in [3.05, 3.63) is 0 Å². The largest absolute Gasteiger partial charge is 0.375 e. The minimum absolute atomic E-state index is 0.0731.